The Labute approximate surface area is 315 Å². The molecule has 258 valence electrons. The second kappa shape index (κ2) is 13.4. The van der Waals surface area contributed by atoms with Crippen LogP contribution in [0.15, 0.2) is 121 Å². The zero-order valence-corrected chi connectivity index (χ0v) is 29.4. The molecule has 0 unspecified atom stereocenters. The average Bonchev–Trinajstić information content (AvgIpc) is 3.99. The number of H-pyrrole nitrogens is 2. The minimum atomic E-state index is 0. The largest absolute Gasteiger partial charge is 2.00 e. The van der Waals surface area contributed by atoms with E-state index in [4.69, 9.17) is 32.9 Å². The molecule has 9 rings (SSSR count). The zero-order valence-electron chi connectivity index (χ0n) is 28.4. The second-order valence-electron chi connectivity index (χ2n) is 13.0. The molecule has 0 saturated heterocycles. The van der Waals surface area contributed by atoms with Crippen molar-refractivity contribution in [1.29, 1.82) is 0 Å². The molecule has 2 aliphatic heterocycles. The third-order valence-corrected chi connectivity index (χ3v) is 9.55. The third kappa shape index (κ3) is 6.13. The first-order valence-electron chi connectivity index (χ1n) is 17.0. The van der Waals surface area contributed by atoms with E-state index in [-0.39, 0.29) is 16.5 Å². The number of aromatic nitrogens is 4. The van der Waals surface area contributed by atoms with Gasteiger partial charge in [0.25, 0.3) is 0 Å². The van der Waals surface area contributed by atoms with Crippen LogP contribution in [0.2, 0.25) is 0 Å². The van der Waals surface area contributed by atoms with E-state index < -0.39 is 0 Å². The van der Waals surface area contributed by atoms with Crippen LogP contribution in [0.1, 0.15) is 22.8 Å². The molecule has 3 aromatic heterocycles. The molecule has 2 aliphatic rings. The summed E-state index contributed by atoms with van der Waals surface area (Å²) in [6.45, 7) is 0. The Balaban J connectivity index is 0.00000400. The number of aromatic amines is 2. The molecule has 0 saturated carbocycles. The Morgan fingerprint density at radius 2 is 0.509 bits per heavy atom. The van der Waals surface area contributed by atoms with E-state index in [0.29, 0.717) is 22.7 Å². The molecule has 5 heterocycles. The Kier molecular flexibility index (Phi) is 8.41. The molecule has 0 aliphatic carbocycles. The van der Waals surface area contributed by atoms with Gasteiger partial charge in [0, 0.05) is 67.1 Å². The van der Waals surface area contributed by atoms with Crippen molar-refractivity contribution in [3.8, 4) is 44.5 Å². The van der Waals surface area contributed by atoms with Gasteiger partial charge in [-0.05, 0) is 119 Å². The predicted molar refractivity (Wildman–Crippen MR) is 218 cm³/mol. The number of hydrogen-bond donors (Lipinski definition) is 6. The number of hydrogen-bond acceptors (Lipinski definition) is 6. The van der Waals surface area contributed by atoms with E-state index in [9.17, 15) is 0 Å². The van der Waals surface area contributed by atoms with Crippen LogP contribution in [0, 0.1) is 0 Å². The van der Waals surface area contributed by atoms with Crippen molar-refractivity contribution in [2.24, 2.45) is 0 Å². The molecule has 7 aromatic rings. The molecule has 0 amide bonds. The number of rotatable bonds is 4. The molecule has 4 aromatic carbocycles. The van der Waals surface area contributed by atoms with Crippen molar-refractivity contribution < 1.29 is 16.5 Å². The number of nitrogens with zero attached hydrogens (tertiary/aromatic N) is 2. The van der Waals surface area contributed by atoms with Gasteiger partial charge in [-0.2, -0.15) is 0 Å². The fraction of sp³-hybridized carbons (Fsp3) is 0. The summed E-state index contributed by atoms with van der Waals surface area (Å²) in [5, 5.41) is 0. The summed E-state index contributed by atoms with van der Waals surface area (Å²) in [5.74, 6) is 0. The number of benzene rings is 4. The molecular formula is C44H34N8Ni+2. The minimum Gasteiger partial charge on any atom is -0.399 e. The van der Waals surface area contributed by atoms with E-state index in [1.165, 1.54) is 0 Å². The summed E-state index contributed by atoms with van der Waals surface area (Å²) in [5.41, 5.74) is 41.9. The van der Waals surface area contributed by atoms with Crippen molar-refractivity contribution in [1.82, 2.24) is 19.9 Å². The summed E-state index contributed by atoms with van der Waals surface area (Å²) in [4.78, 5) is 18.2. The Hall–Kier alpha value is -6.83. The molecule has 0 atom stereocenters. The van der Waals surface area contributed by atoms with E-state index in [0.717, 1.165) is 89.4 Å². The predicted octanol–water partition coefficient (Wildman–Crippen LogP) is 9.65. The Morgan fingerprint density at radius 3 is 0.717 bits per heavy atom. The second-order valence-corrected chi connectivity index (χ2v) is 13.0. The zero-order chi connectivity index (χ0) is 35.3. The Morgan fingerprint density at radius 1 is 0.302 bits per heavy atom. The van der Waals surface area contributed by atoms with Gasteiger partial charge in [-0.3, -0.25) is 0 Å². The van der Waals surface area contributed by atoms with E-state index >= 15 is 0 Å². The van der Waals surface area contributed by atoms with Crippen molar-refractivity contribution in [3.63, 3.8) is 0 Å². The molecule has 10 N–H and O–H groups in total. The minimum absolute atomic E-state index is 0. The number of anilines is 4. The maximum Gasteiger partial charge on any atom is 2.00 e. The Bertz CT molecular complexity index is 2370. The van der Waals surface area contributed by atoms with Gasteiger partial charge in [-0.25, -0.2) is 9.97 Å². The van der Waals surface area contributed by atoms with Crippen molar-refractivity contribution in [2.75, 3.05) is 22.9 Å². The molecule has 53 heavy (non-hydrogen) atoms. The normalized spacial score (nSPS) is 11.8. The van der Waals surface area contributed by atoms with Gasteiger partial charge in [0.1, 0.15) is 0 Å². The fourth-order valence-electron chi connectivity index (χ4n) is 7.02. The van der Waals surface area contributed by atoms with Crippen LogP contribution in [-0.4, -0.2) is 19.9 Å². The van der Waals surface area contributed by atoms with Gasteiger partial charge < -0.3 is 32.9 Å². The van der Waals surface area contributed by atoms with Gasteiger partial charge in [0.15, 0.2) is 0 Å². The summed E-state index contributed by atoms with van der Waals surface area (Å²) < 4.78 is 0. The summed E-state index contributed by atoms with van der Waals surface area (Å²) >= 11 is 0. The van der Waals surface area contributed by atoms with Gasteiger partial charge in [0.2, 0.25) is 0 Å². The standard InChI is InChI=1S/C44H34N8.Ni/c45-29-9-1-25(2-10-29)41-33-17-19-35(49-33)42(26-3-11-30(46)12-4-26)37-21-23-39(51-37)44(28-7-15-32(48)16-8-28)40-24-22-38(52-40)43(36-20-18-34(41)50-36)27-5-13-31(47)14-6-27;/h1-24,49,52H,45-48H2;/q;+2. The average molecular weight is 734 g/mol. The van der Waals surface area contributed by atoms with Gasteiger partial charge in [-0.1, -0.05) is 48.5 Å². The molecule has 9 heteroatoms. The quantitative estimate of drug-likeness (QED) is 0.0780. The van der Waals surface area contributed by atoms with E-state index in [1.54, 1.807) is 0 Å². The van der Waals surface area contributed by atoms with Crippen LogP contribution in [0.4, 0.5) is 22.7 Å². The van der Waals surface area contributed by atoms with Crippen LogP contribution in [-0.2, 0) is 16.5 Å². The maximum absolute atomic E-state index is 6.15. The third-order valence-electron chi connectivity index (χ3n) is 9.55. The number of nitrogens with one attached hydrogen (secondary N) is 2. The molecule has 0 fully saturated rings. The summed E-state index contributed by atoms with van der Waals surface area (Å²) in [6, 6.07) is 40.0. The van der Waals surface area contributed by atoms with Crippen LogP contribution >= 0.6 is 0 Å². The molecule has 8 bridgehead atoms. The molecule has 8 nitrogen and oxygen atoms in total. The van der Waals surface area contributed by atoms with Gasteiger partial charge >= 0.3 is 16.5 Å². The van der Waals surface area contributed by atoms with Crippen LogP contribution in [0.5, 0.6) is 0 Å². The topological polar surface area (TPSA) is 161 Å². The molecular weight excluding hydrogens is 699 g/mol. The fourth-order valence-corrected chi connectivity index (χ4v) is 7.02. The van der Waals surface area contributed by atoms with Crippen LogP contribution in [0.3, 0.4) is 0 Å². The number of nitrogens with two attached hydrogens (primary N) is 4. The number of fused-ring (bicyclic) bond motifs is 8. The van der Waals surface area contributed by atoms with Crippen molar-refractivity contribution in [3.05, 3.63) is 144 Å². The first-order chi connectivity index (χ1) is 25.4. The van der Waals surface area contributed by atoms with Gasteiger partial charge in [-0.15, -0.1) is 0 Å². The van der Waals surface area contributed by atoms with E-state index in [2.05, 4.69) is 58.5 Å². The number of nitrogen functional groups attached to an aromatic ring is 4. The van der Waals surface area contributed by atoms with Gasteiger partial charge in [0.05, 0.1) is 22.8 Å². The summed E-state index contributed by atoms with van der Waals surface area (Å²) in [7, 11) is 0. The first kappa shape index (κ1) is 33.3. The monoisotopic (exact) mass is 732 g/mol. The summed E-state index contributed by atoms with van der Waals surface area (Å²) in [6.07, 6.45) is 8.29. The SMILES string of the molecule is Nc1ccc(-c2c3nc(c(-c4ccc(N)cc4)c4ccc([nH]4)c(-c4ccc(N)cc4)c4nc(c(-c5ccc(N)cc5)c5ccc2[nH]5)C=C4)C=C3)cc1.[Ni+2]. The first-order valence-corrected chi connectivity index (χ1v) is 17.0. The van der Waals surface area contributed by atoms with Crippen molar-refractivity contribution in [2.45, 2.75) is 0 Å². The molecule has 0 radical (unpaired) electrons. The smallest absolute Gasteiger partial charge is 0.399 e. The van der Waals surface area contributed by atoms with E-state index in [1.807, 2.05) is 97.1 Å². The van der Waals surface area contributed by atoms with Crippen LogP contribution < -0.4 is 22.9 Å². The molecule has 0 spiro atoms. The van der Waals surface area contributed by atoms with Crippen molar-refractivity contribution >= 4 is 69.1 Å². The van der Waals surface area contributed by atoms with Crippen LogP contribution in [0.25, 0.3) is 90.9 Å². The maximum atomic E-state index is 6.15.